The number of hydrogen-bond acceptors (Lipinski definition) is 5. The predicted octanol–water partition coefficient (Wildman–Crippen LogP) is 1.02. The molecular weight excluding hydrogens is 330 g/mol. The molecule has 26 heavy (non-hydrogen) atoms. The maximum atomic E-state index is 12.6. The Hall–Kier alpha value is -2.25. The predicted molar refractivity (Wildman–Crippen MR) is 96.7 cm³/mol. The molecule has 0 radical (unpaired) electrons. The summed E-state index contributed by atoms with van der Waals surface area (Å²) in [4.78, 5) is 23.2. The summed E-state index contributed by atoms with van der Waals surface area (Å²) in [5.41, 5.74) is 1.22. The number of morpholine rings is 1. The molecule has 138 valence electrons. The number of carbonyl (C=O) groups excluding carboxylic acids is 1. The summed E-state index contributed by atoms with van der Waals surface area (Å²) in [5, 5.41) is 3.23. The van der Waals surface area contributed by atoms with E-state index in [9.17, 15) is 4.79 Å². The van der Waals surface area contributed by atoms with Gasteiger partial charge in [-0.05, 0) is 30.5 Å². The van der Waals surface area contributed by atoms with Gasteiger partial charge in [0.2, 0.25) is 0 Å². The molecule has 1 atom stereocenters. The number of nitrogens with zero attached hydrogens (tertiary/aromatic N) is 4. The van der Waals surface area contributed by atoms with E-state index in [4.69, 9.17) is 4.74 Å². The van der Waals surface area contributed by atoms with Crippen molar-refractivity contribution in [2.24, 2.45) is 0 Å². The second-order valence-electron chi connectivity index (χ2n) is 6.93. The lowest BCUT2D eigenvalue weighted by molar-refractivity contribution is -0.146. The zero-order valence-corrected chi connectivity index (χ0v) is 14.9. The largest absolute Gasteiger partial charge is 0.366 e. The topological polar surface area (TPSA) is 72.3 Å². The summed E-state index contributed by atoms with van der Waals surface area (Å²) < 4.78 is 7.82. The van der Waals surface area contributed by atoms with Crippen molar-refractivity contribution < 1.29 is 9.53 Å². The van der Waals surface area contributed by atoms with Crippen LogP contribution in [0.2, 0.25) is 0 Å². The van der Waals surface area contributed by atoms with Crippen LogP contribution in [0.25, 0.3) is 0 Å². The van der Waals surface area contributed by atoms with Gasteiger partial charge in [0, 0.05) is 63.4 Å². The molecule has 1 amide bonds. The van der Waals surface area contributed by atoms with Crippen molar-refractivity contribution in [3.05, 3.63) is 48.3 Å². The van der Waals surface area contributed by atoms with Crippen molar-refractivity contribution >= 4 is 5.91 Å². The second-order valence-corrected chi connectivity index (χ2v) is 6.93. The van der Waals surface area contributed by atoms with E-state index in [2.05, 4.69) is 19.9 Å². The van der Waals surface area contributed by atoms with E-state index in [1.807, 2.05) is 41.8 Å². The molecule has 2 aliphatic heterocycles. The molecule has 7 heteroatoms. The van der Waals surface area contributed by atoms with E-state index in [0.717, 1.165) is 44.8 Å². The van der Waals surface area contributed by atoms with Gasteiger partial charge in [-0.1, -0.05) is 0 Å². The quantitative estimate of drug-likeness (QED) is 0.887. The first-order chi connectivity index (χ1) is 12.8. The number of nitrogens with one attached hydrogen (secondary N) is 1. The summed E-state index contributed by atoms with van der Waals surface area (Å²) in [5.74, 6) is 1.63. The van der Waals surface area contributed by atoms with E-state index < -0.39 is 0 Å². The number of piperidine rings is 1. The molecule has 0 spiro atoms. The zero-order chi connectivity index (χ0) is 17.8. The highest BCUT2D eigenvalue weighted by Crippen LogP contribution is 2.28. The third kappa shape index (κ3) is 3.78. The standard InChI is InChI=1S/C19H25N5O2/c25-19(17-13-21-8-12-26-17)23-9-3-16(4-10-23)18-22-7-11-24(18)14-15-1-5-20-6-2-15/h1-2,5-7,11,16-17,21H,3-4,8-10,12-14H2/t17-/m1/s1. The number of ether oxygens (including phenoxy) is 1. The number of likely N-dealkylation sites (tertiary alicyclic amines) is 1. The van der Waals surface area contributed by atoms with Gasteiger partial charge in [0.15, 0.2) is 0 Å². The van der Waals surface area contributed by atoms with Crippen molar-refractivity contribution in [1.29, 1.82) is 0 Å². The number of rotatable bonds is 4. The average molecular weight is 355 g/mol. The summed E-state index contributed by atoms with van der Waals surface area (Å²) in [7, 11) is 0. The fourth-order valence-electron chi connectivity index (χ4n) is 3.78. The van der Waals surface area contributed by atoms with E-state index in [1.165, 1.54) is 5.56 Å². The molecule has 1 N–H and O–H groups in total. The van der Waals surface area contributed by atoms with Crippen molar-refractivity contribution in [3.8, 4) is 0 Å². The van der Waals surface area contributed by atoms with Crippen LogP contribution in [0.3, 0.4) is 0 Å². The Morgan fingerprint density at radius 1 is 1.23 bits per heavy atom. The summed E-state index contributed by atoms with van der Waals surface area (Å²) >= 11 is 0. The molecule has 0 aliphatic carbocycles. The highest BCUT2D eigenvalue weighted by atomic mass is 16.5. The Morgan fingerprint density at radius 2 is 2.04 bits per heavy atom. The molecule has 2 aliphatic rings. The van der Waals surface area contributed by atoms with E-state index in [1.54, 1.807) is 0 Å². The van der Waals surface area contributed by atoms with Gasteiger partial charge in [-0.3, -0.25) is 9.78 Å². The third-order valence-electron chi connectivity index (χ3n) is 5.22. The number of aromatic nitrogens is 3. The van der Waals surface area contributed by atoms with Crippen LogP contribution in [0, 0.1) is 0 Å². The van der Waals surface area contributed by atoms with E-state index >= 15 is 0 Å². The smallest absolute Gasteiger partial charge is 0.253 e. The highest BCUT2D eigenvalue weighted by molar-refractivity contribution is 5.81. The first-order valence-corrected chi connectivity index (χ1v) is 9.32. The molecule has 2 saturated heterocycles. The minimum absolute atomic E-state index is 0.121. The van der Waals surface area contributed by atoms with Crippen molar-refractivity contribution in [2.45, 2.75) is 31.4 Å². The number of imidazole rings is 1. The van der Waals surface area contributed by atoms with Gasteiger partial charge in [-0.15, -0.1) is 0 Å². The first kappa shape index (κ1) is 17.2. The first-order valence-electron chi connectivity index (χ1n) is 9.32. The summed E-state index contributed by atoms with van der Waals surface area (Å²) in [6.07, 6.45) is 9.10. The Bertz CT molecular complexity index is 719. The fraction of sp³-hybridized carbons (Fsp3) is 0.526. The molecule has 2 aromatic heterocycles. The lowest BCUT2D eigenvalue weighted by Crippen LogP contribution is -2.51. The third-order valence-corrected chi connectivity index (χ3v) is 5.22. The second kappa shape index (κ2) is 7.97. The SMILES string of the molecule is O=C([C@H]1CNCCO1)N1CCC(c2nccn2Cc2ccncc2)CC1. The average Bonchev–Trinajstić information content (AvgIpc) is 3.17. The van der Waals surface area contributed by atoms with Crippen LogP contribution in [0.4, 0.5) is 0 Å². The van der Waals surface area contributed by atoms with Crippen LogP contribution in [0.5, 0.6) is 0 Å². The molecule has 0 bridgehead atoms. The van der Waals surface area contributed by atoms with Gasteiger partial charge < -0.3 is 19.5 Å². The van der Waals surface area contributed by atoms with Crippen LogP contribution < -0.4 is 5.32 Å². The van der Waals surface area contributed by atoms with Gasteiger partial charge >= 0.3 is 0 Å². The molecule has 4 heterocycles. The van der Waals surface area contributed by atoms with Crippen LogP contribution >= 0.6 is 0 Å². The van der Waals surface area contributed by atoms with Gasteiger partial charge in [0.1, 0.15) is 11.9 Å². The van der Waals surface area contributed by atoms with Crippen molar-refractivity contribution in [2.75, 3.05) is 32.8 Å². The molecule has 0 unspecified atom stereocenters. The molecule has 2 fully saturated rings. The van der Waals surface area contributed by atoms with Crippen molar-refractivity contribution in [1.82, 2.24) is 24.8 Å². The lowest BCUT2D eigenvalue weighted by Gasteiger charge is -2.35. The van der Waals surface area contributed by atoms with Gasteiger partial charge in [-0.25, -0.2) is 4.98 Å². The number of amides is 1. The molecular formula is C19H25N5O2. The molecule has 7 nitrogen and oxygen atoms in total. The molecule has 2 aromatic rings. The lowest BCUT2D eigenvalue weighted by atomic mass is 9.95. The minimum atomic E-state index is -0.325. The van der Waals surface area contributed by atoms with Gasteiger partial charge in [0.05, 0.1) is 6.61 Å². The van der Waals surface area contributed by atoms with Gasteiger partial charge in [-0.2, -0.15) is 0 Å². The Labute approximate surface area is 153 Å². The van der Waals surface area contributed by atoms with Crippen LogP contribution in [0.1, 0.15) is 30.1 Å². The fourth-order valence-corrected chi connectivity index (χ4v) is 3.78. The molecule has 0 aromatic carbocycles. The van der Waals surface area contributed by atoms with Crippen LogP contribution in [-0.4, -0.2) is 64.2 Å². The van der Waals surface area contributed by atoms with Gasteiger partial charge in [0.25, 0.3) is 5.91 Å². The Kier molecular flexibility index (Phi) is 5.26. The molecule has 4 rings (SSSR count). The maximum Gasteiger partial charge on any atom is 0.253 e. The van der Waals surface area contributed by atoms with Crippen LogP contribution in [0.15, 0.2) is 36.9 Å². The molecule has 0 saturated carbocycles. The highest BCUT2D eigenvalue weighted by Gasteiger charge is 2.31. The number of hydrogen-bond donors (Lipinski definition) is 1. The van der Waals surface area contributed by atoms with E-state index in [0.29, 0.717) is 19.1 Å². The Balaban J connectivity index is 1.36. The number of carbonyl (C=O) groups is 1. The van der Waals surface area contributed by atoms with Crippen molar-refractivity contribution in [3.63, 3.8) is 0 Å². The summed E-state index contributed by atoms with van der Waals surface area (Å²) in [6.45, 7) is 4.40. The zero-order valence-electron chi connectivity index (χ0n) is 14.9. The van der Waals surface area contributed by atoms with Crippen LogP contribution in [-0.2, 0) is 16.1 Å². The maximum absolute atomic E-state index is 12.6. The summed E-state index contributed by atoms with van der Waals surface area (Å²) in [6, 6.07) is 4.06. The number of pyridine rings is 1. The monoisotopic (exact) mass is 355 g/mol. The Morgan fingerprint density at radius 3 is 2.77 bits per heavy atom. The van der Waals surface area contributed by atoms with E-state index in [-0.39, 0.29) is 12.0 Å². The normalized spacial score (nSPS) is 21.7. The minimum Gasteiger partial charge on any atom is -0.366 e.